The zero-order valence-corrected chi connectivity index (χ0v) is 10.1. The molecule has 0 amide bonds. The third kappa shape index (κ3) is 157. The topological polar surface area (TPSA) is 141 Å². The van der Waals surface area contributed by atoms with Crippen LogP contribution in [0.25, 0.3) is 0 Å². The van der Waals surface area contributed by atoms with Gasteiger partial charge in [0.25, 0.3) is 0 Å². The first-order chi connectivity index (χ1) is 2.00. The van der Waals surface area contributed by atoms with E-state index in [2.05, 4.69) is 0 Å². The van der Waals surface area contributed by atoms with E-state index in [4.69, 9.17) is 19.2 Å². The van der Waals surface area contributed by atoms with E-state index < -0.39 is 7.82 Å². The van der Waals surface area contributed by atoms with E-state index in [1.807, 2.05) is 0 Å². The molecule has 2 radical (unpaired) electrons. The van der Waals surface area contributed by atoms with Crippen molar-refractivity contribution in [1.82, 2.24) is 0 Å². The van der Waals surface area contributed by atoms with Crippen LogP contribution in [0.2, 0.25) is 0 Å². The first-order valence-corrected chi connectivity index (χ1v) is 2.35. The molecule has 0 saturated carbocycles. The Morgan fingerprint density at radius 1 is 0.889 bits per heavy atom. The first-order valence-electron chi connectivity index (χ1n) is 0.783. The van der Waals surface area contributed by atoms with Gasteiger partial charge in [-0.15, -0.1) is 0 Å². The fourth-order valence-electron chi connectivity index (χ4n) is 0. The smallest absolute Gasteiger partial charge is 0.412 e. The number of hydrogen-bond acceptors (Lipinski definition) is 1. The standard InChI is InChI=1S/2Na.H3O4P.2H2O/c;;1-5(2,3)4;;/h;;(H3,1,2,3,4);2*1H2. The summed E-state index contributed by atoms with van der Waals surface area (Å²) in [7, 11) is -4.64. The van der Waals surface area contributed by atoms with Gasteiger partial charge in [-0.2, -0.15) is 0 Å². The maximum atomic E-state index is 8.88. The second kappa shape index (κ2) is 12.7. The number of rotatable bonds is 0. The van der Waals surface area contributed by atoms with Crippen LogP contribution in [0.5, 0.6) is 0 Å². The Hall–Kier alpha value is 2.03. The van der Waals surface area contributed by atoms with E-state index in [0.717, 1.165) is 0 Å². The van der Waals surface area contributed by atoms with Gasteiger partial charge in [-0.25, -0.2) is 4.57 Å². The molecular formula is H7Na2O6P. The van der Waals surface area contributed by atoms with Gasteiger partial charge in [-0.1, -0.05) is 0 Å². The van der Waals surface area contributed by atoms with Crippen molar-refractivity contribution in [2.75, 3.05) is 0 Å². The second-order valence-corrected chi connectivity index (χ2v) is 1.54. The summed E-state index contributed by atoms with van der Waals surface area (Å²) < 4.78 is 8.88. The quantitative estimate of drug-likeness (QED) is 0.264. The number of phosphoric acid groups is 1. The molecule has 0 rings (SSSR count). The van der Waals surface area contributed by atoms with Crippen LogP contribution in [-0.4, -0.2) is 84.7 Å². The predicted molar refractivity (Wildman–Crippen MR) is 33.0 cm³/mol. The van der Waals surface area contributed by atoms with Gasteiger partial charge in [0.2, 0.25) is 0 Å². The van der Waals surface area contributed by atoms with Crippen molar-refractivity contribution in [2.45, 2.75) is 0 Å². The van der Waals surface area contributed by atoms with Crippen molar-refractivity contribution in [3.63, 3.8) is 0 Å². The molecule has 0 unspecified atom stereocenters. The Morgan fingerprint density at radius 3 is 0.889 bits per heavy atom. The van der Waals surface area contributed by atoms with Gasteiger partial charge in [0, 0.05) is 59.1 Å². The summed E-state index contributed by atoms with van der Waals surface area (Å²) in [5, 5.41) is 0. The first kappa shape index (κ1) is 30.5. The van der Waals surface area contributed by atoms with Crippen molar-refractivity contribution < 1.29 is 30.2 Å². The monoisotopic (exact) mass is 180 g/mol. The zero-order chi connectivity index (χ0) is 4.50. The minimum absolute atomic E-state index is 0. The molecule has 0 saturated heterocycles. The third-order valence-corrected chi connectivity index (χ3v) is 0. The molecule has 7 N–H and O–H groups in total. The summed E-state index contributed by atoms with van der Waals surface area (Å²) in [6.45, 7) is 0. The second-order valence-electron chi connectivity index (χ2n) is 0.513. The third-order valence-electron chi connectivity index (χ3n) is 0. The summed E-state index contributed by atoms with van der Waals surface area (Å²) >= 11 is 0. The minimum atomic E-state index is -4.64. The Balaban J connectivity index is -0.0000000133. The molecule has 0 aromatic carbocycles. The molecule has 0 aliphatic heterocycles. The Morgan fingerprint density at radius 2 is 0.889 bits per heavy atom. The zero-order valence-electron chi connectivity index (χ0n) is 5.20. The average Bonchev–Trinajstić information content (AvgIpc) is 0.722. The molecule has 0 spiro atoms. The van der Waals surface area contributed by atoms with Crippen LogP contribution in [0.15, 0.2) is 0 Å². The molecule has 0 aliphatic rings. The molecule has 6 nitrogen and oxygen atoms in total. The van der Waals surface area contributed by atoms with Crippen LogP contribution in [0.1, 0.15) is 0 Å². The van der Waals surface area contributed by atoms with Gasteiger partial charge in [-0.05, 0) is 0 Å². The molecule has 0 aromatic rings. The molecule has 9 heteroatoms. The van der Waals surface area contributed by atoms with Crippen molar-refractivity contribution in [3.8, 4) is 0 Å². The van der Waals surface area contributed by atoms with Gasteiger partial charge >= 0.3 is 7.82 Å². The van der Waals surface area contributed by atoms with Crippen LogP contribution in [0.4, 0.5) is 0 Å². The Labute approximate surface area is 96.1 Å². The van der Waals surface area contributed by atoms with E-state index in [1.54, 1.807) is 0 Å². The summed E-state index contributed by atoms with van der Waals surface area (Å²) in [4.78, 5) is 21.6. The van der Waals surface area contributed by atoms with E-state index >= 15 is 0 Å². The van der Waals surface area contributed by atoms with Crippen molar-refractivity contribution >= 4 is 66.9 Å². The fraction of sp³-hybridized carbons (Fsp3) is 0. The van der Waals surface area contributed by atoms with E-state index in [-0.39, 0.29) is 70.1 Å². The van der Waals surface area contributed by atoms with Crippen LogP contribution >= 0.6 is 7.82 Å². The van der Waals surface area contributed by atoms with Gasteiger partial charge in [0.05, 0.1) is 0 Å². The van der Waals surface area contributed by atoms with E-state index in [9.17, 15) is 0 Å². The van der Waals surface area contributed by atoms with Crippen LogP contribution < -0.4 is 0 Å². The molecule has 0 aliphatic carbocycles. The van der Waals surface area contributed by atoms with Crippen LogP contribution in [-0.2, 0) is 4.57 Å². The van der Waals surface area contributed by atoms with Crippen molar-refractivity contribution in [3.05, 3.63) is 0 Å². The maximum Gasteiger partial charge on any atom is 0.466 e. The van der Waals surface area contributed by atoms with Crippen molar-refractivity contribution in [2.24, 2.45) is 0 Å². The van der Waals surface area contributed by atoms with E-state index in [1.165, 1.54) is 0 Å². The molecule has 9 heavy (non-hydrogen) atoms. The SMILES string of the molecule is O.O.O=P(O)(O)O.[Na].[Na]. The largest absolute Gasteiger partial charge is 0.466 e. The minimum Gasteiger partial charge on any atom is -0.412 e. The van der Waals surface area contributed by atoms with Crippen LogP contribution in [0.3, 0.4) is 0 Å². The van der Waals surface area contributed by atoms with Gasteiger partial charge in [0.15, 0.2) is 0 Å². The average molecular weight is 180 g/mol. The fourth-order valence-corrected chi connectivity index (χ4v) is 0. The summed E-state index contributed by atoms with van der Waals surface area (Å²) in [5.41, 5.74) is 0. The van der Waals surface area contributed by atoms with Gasteiger partial charge in [-0.3, -0.25) is 0 Å². The number of hydrogen-bond donors (Lipinski definition) is 3. The molecule has 0 aromatic heterocycles. The van der Waals surface area contributed by atoms with Crippen LogP contribution in [0, 0.1) is 0 Å². The molecule has 0 bridgehead atoms. The Kier molecular flexibility index (Phi) is 43.0. The Bertz CT molecular complexity index is 57.2. The van der Waals surface area contributed by atoms with E-state index in [0.29, 0.717) is 0 Å². The molecule has 0 heterocycles. The normalized spacial score (nSPS) is 6.56. The van der Waals surface area contributed by atoms with Gasteiger partial charge in [0.1, 0.15) is 0 Å². The van der Waals surface area contributed by atoms with Gasteiger partial charge < -0.3 is 25.6 Å². The predicted octanol–water partition coefficient (Wildman–Crippen LogP) is -3.34. The van der Waals surface area contributed by atoms with Crippen molar-refractivity contribution in [1.29, 1.82) is 0 Å². The molecular weight excluding hydrogens is 173 g/mol. The summed E-state index contributed by atoms with van der Waals surface area (Å²) in [6, 6.07) is 0. The molecule has 0 atom stereocenters. The summed E-state index contributed by atoms with van der Waals surface area (Å²) in [5.74, 6) is 0. The molecule has 50 valence electrons. The summed E-state index contributed by atoms with van der Waals surface area (Å²) in [6.07, 6.45) is 0. The molecule has 0 fully saturated rings. The maximum absolute atomic E-state index is 8.88.